The Morgan fingerprint density at radius 2 is 1.89 bits per heavy atom. The predicted octanol–water partition coefficient (Wildman–Crippen LogP) is 3.02. The monoisotopic (exact) mass is 377 g/mol. The lowest BCUT2D eigenvalue weighted by Crippen LogP contribution is -2.25. The number of nitrogens with one attached hydrogen (secondary N) is 1. The number of ether oxygens (including phenoxy) is 1. The molecular weight excluding hydrogens is 354 g/mol. The van der Waals surface area contributed by atoms with E-state index in [0.29, 0.717) is 25.9 Å². The lowest BCUT2D eigenvalue weighted by Gasteiger charge is -2.08. The van der Waals surface area contributed by atoms with Gasteiger partial charge in [-0.15, -0.1) is 0 Å². The topological polar surface area (TPSA) is 73.2 Å². The molecule has 1 aromatic heterocycles. The number of methoxy groups -OCH3 is 1. The van der Waals surface area contributed by atoms with Crippen molar-refractivity contribution in [1.29, 1.82) is 0 Å². The zero-order valence-corrected chi connectivity index (χ0v) is 15.8. The Morgan fingerprint density at radius 1 is 1.07 bits per heavy atom. The van der Waals surface area contributed by atoms with Crippen molar-refractivity contribution in [2.45, 2.75) is 25.9 Å². The number of carbonyl (C=O) groups is 1. The van der Waals surface area contributed by atoms with E-state index in [4.69, 9.17) is 4.74 Å². The molecule has 2 aromatic carbocycles. The van der Waals surface area contributed by atoms with Gasteiger partial charge in [-0.2, -0.15) is 5.10 Å². The molecule has 3 aromatic rings. The summed E-state index contributed by atoms with van der Waals surface area (Å²) in [5, 5.41) is 7.30. The molecule has 0 atom stereocenters. The van der Waals surface area contributed by atoms with E-state index < -0.39 is 0 Å². The second-order valence-corrected chi connectivity index (χ2v) is 6.38. The van der Waals surface area contributed by atoms with Crippen molar-refractivity contribution in [3.8, 4) is 17.0 Å². The number of hydrogen-bond acceptors (Lipinski definition) is 4. The van der Waals surface area contributed by atoms with Crippen LogP contribution in [0.1, 0.15) is 18.4 Å². The molecule has 144 valence electrons. The van der Waals surface area contributed by atoms with Gasteiger partial charge in [-0.3, -0.25) is 9.59 Å². The fraction of sp³-hybridized carbons (Fsp3) is 0.227. The first kappa shape index (κ1) is 19.4. The van der Waals surface area contributed by atoms with Gasteiger partial charge in [-0.1, -0.05) is 42.5 Å². The number of aryl methyl sites for hydroxylation is 1. The molecule has 0 aliphatic heterocycles. The first-order valence-corrected chi connectivity index (χ1v) is 9.19. The number of aromatic nitrogens is 2. The van der Waals surface area contributed by atoms with Gasteiger partial charge in [0.1, 0.15) is 5.75 Å². The number of carbonyl (C=O) groups excluding carboxylic acids is 1. The summed E-state index contributed by atoms with van der Waals surface area (Å²) in [6, 6.07) is 20.5. The van der Waals surface area contributed by atoms with Crippen molar-refractivity contribution in [2.24, 2.45) is 0 Å². The molecule has 0 unspecified atom stereocenters. The number of benzene rings is 2. The zero-order valence-electron chi connectivity index (χ0n) is 15.8. The van der Waals surface area contributed by atoms with Crippen molar-refractivity contribution in [1.82, 2.24) is 15.1 Å². The van der Waals surface area contributed by atoms with Crippen LogP contribution in [0.2, 0.25) is 0 Å². The largest absolute Gasteiger partial charge is 0.497 e. The van der Waals surface area contributed by atoms with Crippen LogP contribution in [0.3, 0.4) is 0 Å². The summed E-state index contributed by atoms with van der Waals surface area (Å²) in [7, 11) is 1.61. The lowest BCUT2D eigenvalue weighted by molar-refractivity contribution is -0.121. The zero-order chi connectivity index (χ0) is 19.8. The molecule has 1 amide bonds. The van der Waals surface area contributed by atoms with E-state index in [9.17, 15) is 9.59 Å². The summed E-state index contributed by atoms with van der Waals surface area (Å²) in [4.78, 5) is 24.1. The van der Waals surface area contributed by atoms with Crippen LogP contribution in [0.15, 0.2) is 71.5 Å². The van der Waals surface area contributed by atoms with Crippen LogP contribution < -0.4 is 15.6 Å². The normalized spacial score (nSPS) is 10.5. The molecule has 6 heteroatoms. The minimum Gasteiger partial charge on any atom is -0.497 e. The standard InChI is InChI=1S/C22H23N3O3/c1-28-19-10-5-7-17(15-19)16-23-21(26)11-6-14-25-22(27)13-12-20(24-25)18-8-3-2-4-9-18/h2-5,7-10,12-13,15H,6,11,14,16H2,1H3,(H,23,26). The Bertz CT molecular complexity index is 984. The molecule has 3 rings (SSSR count). The quantitative estimate of drug-likeness (QED) is 0.655. The van der Waals surface area contributed by atoms with Crippen LogP contribution in [-0.4, -0.2) is 22.8 Å². The third-order valence-corrected chi connectivity index (χ3v) is 4.33. The van der Waals surface area contributed by atoms with E-state index in [1.807, 2.05) is 54.6 Å². The third kappa shape index (κ3) is 5.30. The first-order valence-electron chi connectivity index (χ1n) is 9.19. The molecule has 0 saturated carbocycles. The van der Waals surface area contributed by atoms with Crippen molar-refractivity contribution in [3.05, 3.63) is 82.6 Å². The molecule has 0 radical (unpaired) electrons. The van der Waals surface area contributed by atoms with Crippen molar-refractivity contribution >= 4 is 5.91 Å². The number of hydrogen-bond donors (Lipinski definition) is 1. The molecule has 1 heterocycles. The highest BCUT2D eigenvalue weighted by Crippen LogP contribution is 2.14. The Hall–Kier alpha value is -3.41. The van der Waals surface area contributed by atoms with Crippen LogP contribution in [-0.2, 0) is 17.9 Å². The number of rotatable bonds is 8. The van der Waals surface area contributed by atoms with Gasteiger partial charge in [0.05, 0.1) is 12.8 Å². The Morgan fingerprint density at radius 3 is 2.68 bits per heavy atom. The first-order chi connectivity index (χ1) is 13.7. The minimum atomic E-state index is -0.170. The number of nitrogens with zero attached hydrogens (tertiary/aromatic N) is 2. The third-order valence-electron chi connectivity index (χ3n) is 4.33. The molecule has 6 nitrogen and oxygen atoms in total. The molecule has 0 bridgehead atoms. The minimum absolute atomic E-state index is 0.0601. The van der Waals surface area contributed by atoms with Gasteiger partial charge in [0.15, 0.2) is 0 Å². The summed E-state index contributed by atoms with van der Waals surface area (Å²) in [6.07, 6.45) is 0.864. The highest BCUT2D eigenvalue weighted by Gasteiger charge is 2.06. The average Bonchev–Trinajstić information content (AvgIpc) is 2.74. The van der Waals surface area contributed by atoms with Crippen molar-refractivity contribution < 1.29 is 9.53 Å². The van der Waals surface area contributed by atoms with Gasteiger partial charge in [-0.05, 0) is 30.2 Å². The summed E-state index contributed by atoms with van der Waals surface area (Å²) in [6.45, 7) is 0.837. The van der Waals surface area contributed by atoms with Gasteiger partial charge in [0, 0.05) is 31.1 Å². The molecule has 0 fully saturated rings. The highest BCUT2D eigenvalue weighted by molar-refractivity contribution is 5.75. The highest BCUT2D eigenvalue weighted by atomic mass is 16.5. The van der Waals surface area contributed by atoms with E-state index >= 15 is 0 Å². The van der Waals surface area contributed by atoms with E-state index in [2.05, 4.69) is 10.4 Å². The molecule has 0 aliphatic carbocycles. The number of amides is 1. The second kappa shape index (κ2) is 9.50. The Labute approximate surface area is 163 Å². The maximum Gasteiger partial charge on any atom is 0.266 e. The maximum absolute atomic E-state index is 12.1. The smallest absolute Gasteiger partial charge is 0.266 e. The van der Waals surface area contributed by atoms with Crippen molar-refractivity contribution in [3.63, 3.8) is 0 Å². The SMILES string of the molecule is COc1cccc(CNC(=O)CCCn2nc(-c3ccccc3)ccc2=O)c1. The predicted molar refractivity (Wildman–Crippen MR) is 108 cm³/mol. The lowest BCUT2D eigenvalue weighted by atomic mass is 10.1. The van der Waals surface area contributed by atoms with Crippen molar-refractivity contribution in [2.75, 3.05) is 7.11 Å². The fourth-order valence-corrected chi connectivity index (χ4v) is 2.83. The average molecular weight is 377 g/mol. The summed E-state index contributed by atoms with van der Waals surface area (Å²) in [5.74, 6) is 0.700. The van der Waals surface area contributed by atoms with E-state index in [0.717, 1.165) is 22.6 Å². The summed E-state index contributed by atoms with van der Waals surface area (Å²) >= 11 is 0. The van der Waals surface area contributed by atoms with Gasteiger partial charge >= 0.3 is 0 Å². The van der Waals surface area contributed by atoms with E-state index in [-0.39, 0.29) is 11.5 Å². The van der Waals surface area contributed by atoms with Gasteiger partial charge in [-0.25, -0.2) is 4.68 Å². The molecule has 1 N–H and O–H groups in total. The van der Waals surface area contributed by atoms with Crippen LogP contribution in [0, 0.1) is 0 Å². The van der Waals surface area contributed by atoms with Crippen LogP contribution in [0.5, 0.6) is 5.75 Å². The van der Waals surface area contributed by atoms with Crippen LogP contribution >= 0.6 is 0 Å². The van der Waals surface area contributed by atoms with Crippen LogP contribution in [0.4, 0.5) is 0 Å². The maximum atomic E-state index is 12.1. The molecule has 0 aliphatic rings. The summed E-state index contributed by atoms with van der Waals surface area (Å²) in [5.41, 5.74) is 2.49. The second-order valence-electron chi connectivity index (χ2n) is 6.38. The molecular formula is C22H23N3O3. The Balaban J connectivity index is 1.51. The van der Waals surface area contributed by atoms with E-state index in [1.165, 1.54) is 10.7 Å². The van der Waals surface area contributed by atoms with Gasteiger partial charge in [0.25, 0.3) is 5.56 Å². The summed E-state index contributed by atoms with van der Waals surface area (Å²) < 4.78 is 6.59. The van der Waals surface area contributed by atoms with Crippen LogP contribution in [0.25, 0.3) is 11.3 Å². The fourth-order valence-electron chi connectivity index (χ4n) is 2.83. The molecule has 0 saturated heterocycles. The van der Waals surface area contributed by atoms with Gasteiger partial charge in [0.2, 0.25) is 5.91 Å². The van der Waals surface area contributed by atoms with Gasteiger partial charge < -0.3 is 10.1 Å². The Kier molecular flexibility index (Phi) is 6.57. The van der Waals surface area contributed by atoms with E-state index in [1.54, 1.807) is 13.2 Å². The molecule has 28 heavy (non-hydrogen) atoms. The molecule has 0 spiro atoms.